The SMILES string of the molecule is COc1cccc(OC)c1OCC(N)c1ccccc1. The lowest BCUT2D eigenvalue weighted by atomic mass is 10.1. The van der Waals surface area contributed by atoms with E-state index in [-0.39, 0.29) is 6.04 Å². The fraction of sp³-hybridized carbons (Fsp3) is 0.250. The van der Waals surface area contributed by atoms with Crippen molar-refractivity contribution in [3.63, 3.8) is 0 Å². The first-order valence-corrected chi connectivity index (χ1v) is 6.40. The van der Waals surface area contributed by atoms with E-state index in [1.807, 2.05) is 48.5 Å². The Morgan fingerprint density at radius 1 is 0.900 bits per heavy atom. The van der Waals surface area contributed by atoms with E-state index in [1.54, 1.807) is 14.2 Å². The zero-order chi connectivity index (χ0) is 14.4. The minimum atomic E-state index is -0.203. The zero-order valence-electron chi connectivity index (χ0n) is 11.7. The lowest BCUT2D eigenvalue weighted by Gasteiger charge is -2.17. The first-order chi connectivity index (χ1) is 9.76. The van der Waals surface area contributed by atoms with Gasteiger partial charge in [0.25, 0.3) is 0 Å². The lowest BCUT2D eigenvalue weighted by Crippen LogP contribution is -2.19. The summed E-state index contributed by atoms with van der Waals surface area (Å²) in [5, 5.41) is 0. The summed E-state index contributed by atoms with van der Waals surface area (Å²) in [6, 6.07) is 15.1. The Labute approximate surface area is 119 Å². The van der Waals surface area contributed by atoms with Crippen LogP contribution < -0.4 is 19.9 Å². The van der Waals surface area contributed by atoms with Gasteiger partial charge in [-0.1, -0.05) is 36.4 Å². The monoisotopic (exact) mass is 273 g/mol. The Balaban J connectivity index is 2.11. The molecule has 0 bridgehead atoms. The molecular formula is C16H19NO3. The number of methoxy groups -OCH3 is 2. The molecule has 0 amide bonds. The van der Waals surface area contributed by atoms with Crippen molar-refractivity contribution in [2.75, 3.05) is 20.8 Å². The van der Waals surface area contributed by atoms with Gasteiger partial charge in [-0.25, -0.2) is 0 Å². The van der Waals surface area contributed by atoms with Gasteiger partial charge in [-0.05, 0) is 17.7 Å². The fourth-order valence-electron chi connectivity index (χ4n) is 1.93. The predicted molar refractivity (Wildman–Crippen MR) is 78.4 cm³/mol. The minimum Gasteiger partial charge on any atom is -0.493 e. The molecule has 0 aliphatic rings. The van der Waals surface area contributed by atoms with Crippen molar-refractivity contribution < 1.29 is 14.2 Å². The highest BCUT2D eigenvalue weighted by atomic mass is 16.5. The molecule has 20 heavy (non-hydrogen) atoms. The van der Waals surface area contributed by atoms with Crippen LogP contribution in [0.2, 0.25) is 0 Å². The van der Waals surface area contributed by atoms with Gasteiger partial charge < -0.3 is 19.9 Å². The second-order valence-corrected chi connectivity index (χ2v) is 4.32. The van der Waals surface area contributed by atoms with Gasteiger partial charge in [0.15, 0.2) is 11.5 Å². The van der Waals surface area contributed by atoms with Gasteiger partial charge in [0.05, 0.1) is 20.3 Å². The zero-order valence-corrected chi connectivity index (χ0v) is 11.7. The van der Waals surface area contributed by atoms with Crippen LogP contribution in [0.3, 0.4) is 0 Å². The molecular weight excluding hydrogens is 254 g/mol. The summed E-state index contributed by atoms with van der Waals surface area (Å²) in [4.78, 5) is 0. The van der Waals surface area contributed by atoms with Crippen LogP contribution in [0.1, 0.15) is 11.6 Å². The number of nitrogens with two attached hydrogens (primary N) is 1. The highest BCUT2D eigenvalue weighted by molar-refractivity contribution is 5.51. The quantitative estimate of drug-likeness (QED) is 0.879. The molecule has 2 N–H and O–H groups in total. The van der Waals surface area contributed by atoms with E-state index in [1.165, 1.54) is 0 Å². The van der Waals surface area contributed by atoms with Gasteiger partial charge in [-0.15, -0.1) is 0 Å². The van der Waals surface area contributed by atoms with Crippen LogP contribution in [0.4, 0.5) is 0 Å². The van der Waals surface area contributed by atoms with E-state index in [4.69, 9.17) is 19.9 Å². The summed E-state index contributed by atoms with van der Waals surface area (Å²) in [6.07, 6.45) is 0. The van der Waals surface area contributed by atoms with Crippen LogP contribution in [-0.4, -0.2) is 20.8 Å². The van der Waals surface area contributed by atoms with Gasteiger partial charge in [0.1, 0.15) is 6.61 Å². The van der Waals surface area contributed by atoms with Crippen LogP contribution in [0.5, 0.6) is 17.2 Å². The van der Waals surface area contributed by atoms with E-state index in [0.717, 1.165) is 5.56 Å². The summed E-state index contributed by atoms with van der Waals surface area (Å²) >= 11 is 0. The molecule has 2 aromatic carbocycles. The second-order valence-electron chi connectivity index (χ2n) is 4.32. The molecule has 0 fully saturated rings. The molecule has 1 unspecified atom stereocenters. The molecule has 0 heterocycles. The Morgan fingerprint density at radius 2 is 1.50 bits per heavy atom. The van der Waals surface area contributed by atoms with E-state index >= 15 is 0 Å². The molecule has 0 aromatic heterocycles. The van der Waals surface area contributed by atoms with Crippen LogP contribution in [0.15, 0.2) is 48.5 Å². The second kappa shape index (κ2) is 6.82. The molecule has 2 rings (SSSR count). The largest absolute Gasteiger partial charge is 0.493 e. The number of hydrogen-bond donors (Lipinski definition) is 1. The first-order valence-electron chi connectivity index (χ1n) is 6.40. The van der Waals surface area contributed by atoms with Crippen molar-refractivity contribution in [3.8, 4) is 17.2 Å². The van der Waals surface area contributed by atoms with Gasteiger partial charge in [0, 0.05) is 0 Å². The molecule has 4 heteroatoms. The standard InChI is InChI=1S/C16H19NO3/c1-18-14-9-6-10-15(19-2)16(14)20-11-13(17)12-7-4-3-5-8-12/h3-10,13H,11,17H2,1-2H3. The number of hydrogen-bond acceptors (Lipinski definition) is 4. The van der Waals surface area contributed by atoms with Crippen LogP contribution in [-0.2, 0) is 0 Å². The summed E-state index contributed by atoms with van der Waals surface area (Å²) < 4.78 is 16.4. The van der Waals surface area contributed by atoms with Gasteiger partial charge in [-0.2, -0.15) is 0 Å². The molecule has 0 aliphatic heterocycles. The Hall–Kier alpha value is -2.20. The highest BCUT2D eigenvalue weighted by Gasteiger charge is 2.13. The van der Waals surface area contributed by atoms with Crippen LogP contribution in [0.25, 0.3) is 0 Å². The third-order valence-electron chi connectivity index (χ3n) is 3.02. The third-order valence-corrected chi connectivity index (χ3v) is 3.02. The Morgan fingerprint density at radius 3 is 2.05 bits per heavy atom. The maximum Gasteiger partial charge on any atom is 0.203 e. The molecule has 2 aromatic rings. The van der Waals surface area contributed by atoms with Crippen LogP contribution >= 0.6 is 0 Å². The van der Waals surface area contributed by atoms with E-state index in [2.05, 4.69) is 0 Å². The summed E-state index contributed by atoms with van der Waals surface area (Å²) in [5.74, 6) is 1.83. The Kier molecular flexibility index (Phi) is 4.85. The fourth-order valence-corrected chi connectivity index (χ4v) is 1.93. The first kappa shape index (κ1) is 14.2. The normalized spacial score (nSPS) is 11.8. The molecule has 0 aliphatic carbocycles. The van der Waals surface area contributed by atoms with Gasteiger partial charge >= 0.3 is 0 Å². The van der Waals surface area contributed by atoms with E-state index in [9.17, 15) is 0 Å². The maximum atomic E-state index is 6.12. The molecule has 106 valence electrons. The van der Waals surface area contributed by atoms with Crippen molar-refractivity contribution in [2.24, 2.45) is 5.73 Å². The van der Waals surface area contributed by atoms with Crippen molar-refractivity contribution in [1.82, 2.24) is 0 Å². The molecule has 1 atom stereocenters. The molecule has 4 nitrogen and oxygen atoms in total. The van der Waals surface area contributed by atoms with Crippen molar-refractivity contribution in [1.29, 1.82) is 0 Å². The summed E-state index contributed by atoms with van der Waals surface area (Å²) in [5.41, 5.74) is 7.15. The molecule has 0 radical (unpaired) electrons. The Bertz CT molecular complexity index is 520. The number of rotatable bonds is 6. The number of ether oxygens (including phenoxy) is 3. The summed E-state index contributed by atoms with van der Waals surface area (Å²) in [7, 11) is 3.19. The molecule has 0 saturated heterocycles. The van der Waals surface area contributed by atoms with Gasteiger partial charge in [0.2, 0.25) is 5.75 Å². The van der Waals surface area contributed by atoms with Crippen molar-refractivity contribution in [2.45, 2.75) is 6.04 Å². The molecule has 0 spiro atoms. The number of benzene rings is 2. The summed E-state index contributed by atoms with van der Waals surface area (Å²) in [6.45, 7) is 0.348. The predicted octanol–water partition coefficient (Wildman–Crippen LogP) is 2.78. The smallest absolute Gasteiger partial charge is 0.203 e. The average molecular weight is 273 g/mol. The van der Waals surface area contributed by atoms with E-state index < -0.39 is 0 Å². The average Bonchev–Trinajstić information content (AvgIpc) is 2.52. The van der Waals surface area contributed by atoms with E-state index in [0.29, 0.717) is 23.9 Å². The van der Waals surface area contributed by atoms with Crippen molar-refractivity contribution in [3.05, 3.63) is 54.1 Å². The van der Waals surface area contributed by atoms with Crippen molar-refractivity contribution >= 4 is 0 Å². The highest BCUT2D eigenvalue weighted by Crippen LogP contribution is 2.37. The van der Waals surface area contributed by atoms with Crippen LogP contribution in [0, 0.1) is 0 Å². The maximum absolute atomic E-state index is 6.12. The minimum absolute atomic E-state index is 0.203. The van der Waals surface area contributed by atoms with Gasteiger partial charge in [-0.3, -0.25) is 0 Å². The topological polar surface area (TPSA) is 53.7 Å². The number of para-hydroxylation sites is 1. The molecule has 0 saturated carbocycles. The third kappa shape index (κ3) is 3.22. The lowest BCUT2D eigenvalue weighted by molar-refractivity contribution is 0.257.